The molecule has 1 N–H and O–H groups in total. The minimum atomic E-state index is -0.165. The van der Waals surface area contributed by atoms with Crippen LogP contribution in [-0.4, -0.2) is 34.0 Å². The number of hydrogen-bond donors (Lipinski definition) is 1. The second-order valence-corrected chi connectivity index (χ2v) is 4.76. The second-order valence-electron chi connectivity index (χ2n) is 4.37. The number of H-pyrrole nitrogens is 1. The van der Waals surface area contributed by atoms with Gasteiger partial charge in [0.15, 0.2) is 4.77 Å². The number of carbonyl (C=O) groups is 1. The van der Waals surface area contributed by atoms with Crippen LogP contribution in [0, 0.1) is 4.77 Å². The van der Waals surface area contributed by atoms with E-state index >= 15 is 0 Å². The van der Waals surface area contributed by atoms with Gasteiger partial charge < -0.3 is 9.88 Å². The molecule has 2 rings (SSSR count). The van der Waals surface area contributed by atoms with Crippen molar-refractivity contribution in [2.75, 3.05) is 13.6 Å². The highest BCUT2D eigenvalue weighted by Crippen LogP contribution is 2.12. The van der Waals surface area contributed by atoms with Crippen LogP contribution in [0.4, 0.5) is 0 Å². The van der Waals surface area contributed by atoms with Crippen molar-refractivity contribution >= 4 is 29.0 Å². The van der Waals surface area contributed by atoms with E-state index in [0.29, 0.717) is 27.8 Å². The number of carbonyl (C=O) groups excluding carboxylic acids is 1. The number of aromatic nitrogens is 2. The molecule has 0 aliphatic heterocycles. The molecule has 1 aromatic carbocycles. The monoisotopic (exact) mass is 277 g/mol. The van der Waals surface area contributed by atoms with E-state index in [2.05, 4.69) is 4.98 Å². The van der Waals surface area contributed by atoms with Gasteiger partial charge in [0, 0.05) is 26.2 Å². The number of benzene rings is 1. The molecule has 0 radical (unpaired) electrons. The molecule has 19 heavy (non-hydrogen) atoms. The minimum absolute atomic E-state index is 0.0793. The van der Waals surface area contributed by atoms with E-state index in [0.717, 1.165) is 0 Å². The minimum Gasteiger partial charge on any atom is -0.342 e. The molecule has 0 saturated carbocycles. The molecule has 6 heteroatoms. The van der Waals surface area contributed by atoms with Crippen molar-refractivity contribution in [3.63, 3.8) is 0 Å². The summed E-state index contributed by atoms with van der Waals surface area (Å²) in [6, 6.07) is 4.98. The smallest absolute Gasteiger partial charge is 0.261 e. The van der Waals surface area contributed by atoms with Crippen molar-refractivity contribution < 1.29 is 4.79 Å². The first-order chi connectivity index (χ1) is 8.95. The summed E-state index contributed by atoms with van der Waals surface area (Å²) in [4.78, 5) is 28.6. The Morgan fingerprint density at radius 2 is 2.16 bits per heavy atom. The van der Waals surface area contributed by atoms with Crippen LogP contribution >= 0.6 is 12.2 Å². The standard InChI is InChI=1S/C13H15N3O2S/c1-4-15(2)11(17)8-5-6-9-10(7-8)14-13(19)16(3)12(9)18/h5-7H,4H2,1-3H3,(H,14,19). The maximum absolute atomic E-state index is 12.1. The van der Waals surface area contributed by atoms with Gasteiger partial charge in [0.25, 0.3) is 11.5 Å². The lowest BCUT2D eigenvalue weighted by Gasteiger charge is -2.14. The van der Waals surface area contributed by atoms with E-state index in [9.17, 15) is 9.59 Å². The van der Waals surface area contributed by atoms with E-state index in [4.69, 9.17) is 12.2 Å². The molecule has 0 spiro atoms. The summed E-state index contributed by atoms with van der Waals surface area (Å²) >= 11 is 5.06. The van der Waals surface area contributed by atoms with Gasteiger partial charge in [-0.3, -0.25) is 14.2 Å². The first-order valence-corrected chi connectivity index (χ1v) is 6.35. The fourth-order valence-electron chi connectivity index (χ4n) is 1.80. The summed E-state index contributed by atoms with van der Waals surface area (Å²) in [5.41, 5.74) is 0.959. The summed E-state index contributed by atoms with van der Waals surface area (Å²) < 4.78 is 1.71. The van der Waals surface area contributed by atoms with Crippen LogP contribution in [0.3, 0.4) is 0 Å². The average Bonchev–Trinajstić information content (AvgIpc) is 2.42. The zero-order valence-electron chi connectivity index (χ0n) is 11.1. The molecule has 1 amide bonds. The highest BCUT2D eigenvalue weighted by molar-refractivity contribution is 7.71. The van der Waals surface area contributed by atoms with Gasteiger partial charge in [0.1, 0.15) is 0 Å². The van der Waals surface area contributed by atoms with Crippen molar-refractivity contribution in [2.24, 2.45) is 7.05 Å². The third kappa shape index (κ3) is 2.31. The van der Waals surface area contributed by atoms with Crippen LogP contribution in [-0.2, 0) is 7.05 Å². The Labute approximate surface area is 115 Å². The van der Waals surface area contributed by atoms with Gasteiger partial charge in [-0.2, -0.15) is 0 Å². The number of nitrogens with zero attached hydrogens (tertiary/aromatic N) is 2. The Balaban J connectivity index is 2.66. The summed E-state index contributed by atoms with van der Waals surface area (Å²) in [6.07, 6.45) is 0. The molecule has 0 aliphatic carbocycles. The summed E-state index contributed by atoms with van der Waals surface area (Å²) in [6.45, 7) is 2.53. The predicted molar refractivity (Wildman–Crippen MR) is 77.0 cm³/mol. The predicted octanol–water partition coefficient (Wildman–Crippen LogP) is 1.69. The van der Waals surface area contributed by atoms with Crippen molar-refractivity contribution in [1.29, 1.82) is 0 Å². The van der Waals surface area contributed by atoms with Crippen LogP contribution in [0.1, 0.15) is 17.3 Å². The van der Waals surface area contributed by atoms with Crippen LogP contribution in [0.2, 0.25) is 0 Å². The molecule has 2 aromatic rings. The van der Waals surface area contributed by atoms with Crippen molar-refractivity contribution in [1.82, 2.24) is 14.5 Å². The highest BCUT2D eigenvalue weighted by Gasteiger charge is 2.11. The third-order valence-electron chi connectivity index (χ3n) is 3.17. The number of aromatic amines is 1. The lowest BCUT2D eigenvalue weighted by Crippen LogP contribution is -2.26. The van der Waals surface area contributed by atoms with Gasteiger partial charge in [0.05, 0.1) is 10.9 Å². The van der Waals surface area contributed by atoms with Crippen molar-refractivity contribution in [3.05, 3.63) is 38.9 Å². The maximum atomic E-state index is 12.1. The van der Waals surface area contributed by atoms with Crippen molar-refractivity contribution in [3.8, 4) is 0 Å². The van der Waals surface area contributed by atoms with Gasteiger partial charge in [-0.25, -0.2) is 0 Å². The number of amides is 1. The SMILES string of the molecule is CCN(C)C(=O)c1ccc2c(=O)n(C)c(=S)[nH]c2c1. The maximum Gasteiger partial charge on any atom is 0.261 e. The largest absolute Gasteiger partial charge is 0.342 e. The van der Waals surface area contributed by atoms with Crippen LogP contribution in [0.5, 0.6) is 0 Å². The summed E-state index contributed by atoms with van der Waals surface area (Å²) in [7, 11) is 3.35. The summed E-state index contributed by atoms with van der Waals surface area (Å²) in [5.74, 6) is -0.0793. The number of fused-ring (bicyclic) bond motifs is 1. The fraction of sp³-hybridized carbons (Fsp3) is 0.308. The van der Waals surface area contributed by atoms with Crippen LogP contribution in [0.25, 0.3) is 10.9 Å². The molecule has 0 unspecified atom stereocenters. The Morgan fingerprint density at radius 1 is 1.47 bits per heavy atom. The van der Waals surface area contributed by atoms with Gasteiger partial charge in [-0.15, -0.1) is 0 Å². The molecule has 0 fully saturated rings. The molecule has 100 valence electrons. The molecule has 1 aromatic heterocycles. The first kappa shape index (κ1) is 13.5. The Bertz CT molecular complexity index is 761. The van der Waals surface area contributed by atoms with Gasteiger partial charge in [-0.1, -0.05) is 0 Å². The first-order valence-electron chi connectivity index (χ1n) is 5.94. The van der Waals surface area contributed by atoms with Gasteiger partial charge in [-0.05, 0) is 37.3 Å². The lowest BCUT2D eigenvalue weighted by atomic mass is 10.1. The molecule has 1 heterocycles. The number of hydrogen-bond acceptors (Lipinski definition) is 3. The zero-order valence-corrected chi connectivity index (χ0v) is 11.9. The molecule has 0 bridgehead atoms. The second kappa shape index (κ2) is 4.97. The van der Waals surface area contributed by atoms with E-state index in [-0.39, 0.29) is 11.5 Å². The fourth-order valence-corrected chi connectivity index (χ4v) is 2.00. The normalized spacial score (nSPS) is 10.7. The van der Waals surface area contributed by atoms with Crippen LogP contribution < -0.4 is 5.56 Å². The molecular formula is C13H15N3O2S. The Hall–Kier alpha value is -1.95. The topological polar surface area (TPSA) is 58.1 Å². The van der Waals surface area contributed by atoms with Crippen molar-refractivity contribution in [2.45, 2.75) is 6.92 Å². The molecule has 0 aliphatic rings. The summed E-state index contributed by atoms with van der Waals surface area (Å²) in [5, 5.41) is 0.520. The number of nitrogens with one attached hydrogen (secondary N) is 1. The quantitative estimate of drug-likeness (QED) is 0.850. The lowest BCUT2D eigenvalue weighted by molar-refractivity contribution is 0.0802. The zero-order chi connectivity index (χ0) is 14.2. The van der Waals surface area contributed by atoms with E-state index in [1.807, 2.05) is 6.92 Å². The Kier molecular flexibility index (Phi) is 3.53. The molecule has 0 atom stereocenters. The molecular weight excluding hydrogens is 262 g/mol. The Morgan fingerprint density at radius 3 is 2.79 bits per heavy atom. The average molecular weight is 277 g/mol. The molecule has 0 saturated heterocycles. The highest BCUT2D eigenvalue weighted by atomic mass is 32.1. The van der Waals surface area contributed by atoms with E-state index in [1.54, 1.807) is 37.2 Å². The van der Waals surface area contributed by atoms with Gasteiger partial charge in [0.2, 0.25) is 0 Å². The van der Waals surface area contributed by atoms with E-state index < -0.39 is 0 Å². The van der Waals surface area contributed by atoms with Gasteiger partial charge >= 0.3 is 0 Å². The van der Waals surface area contributed by atoms with E-state index in [1.165, 1.54) is 4.57 Å². The molecule has 5 nitrogen and oxygen atoms in total. The van der Waals surface area contributed by atoms with Crippen LogP contribution in [0.15, 0.2) is 23.0 Å². The third-order valence-corrected chi connectivity index (χ3v) is 3.54. The number of rotatable bonds is 2.